The highest BCUT2D eigenvalue weighted by Crippen LogP contribution is 2.16. The monoisotopic (exact) mass is 251 g/mol. The maximum Gasteiger partial charge on any atom is 0.389 e. The zero-order chi connectivity index (χ0) is 13.3. The highest BCUT2D eigenvalue weighted by Gasteiger charge is 2.16. The normalized spacial score (nSPS) is 10.5. The number of rotatable bonds is 4. The van der Waals surface area contributed by atoms with Crippen molar-refractivity contribution < 1.29 is 19.2 Å². The Bertz CT molecular complexity index is 613. The van der Waals surface area contributed by atoms with Crippen molar-refractivity contribution in [2.75, 3.05) is 0 Å². The molecule has 1 N–H and O–H groups in total. The van der Waals surface area contributed by atoms with Crippen molar-refractivity contribution in [3.63, 3.8) is 0 Å². The fraction of sp³-hybridized carbons (Fsp3) is 0.200. The molecular weight excluding hydrogens is 242 g/mol. The summed E-state index contributed by atoms with van der Waals surface area (Å²) in [6, 6.07) is 2.82. The molecule has 0 aromatic carbocycles. The van der Waals surface area contributed by atoms with E-state index in [0.29, 0.717) is 11.3 Å². The SMILES string of the molecule is Cc1cc(Cn2ccc([N+](=O)[O-])n2)oc1C(=O)O. The van der Waals surface area contributed by atoms with Crippen LogP contribution in [0.3, 0.4) is 0 Å². The minimum atomic E-state index is -1.15. The van der Waals surface area contributed by atoms with Crippen molar-refractivity contribution in [1.82, 2.24) is 9.78 Å². The molecule has 2 rings (SSSR count). The molecule has 8 nitrogen and oxygen atoms in total. The second-order valence-corrected chi connectivity index (χ2v) is 3.66. The first-order valence-electron chi connectivity index (χ1n) is 4.98. The van der Waals surface area contributed by atoms with Crippen LogP contribution in [0.25, 0.3) is 0 Å². The number of carbonyl (C=O) groups is 1. The Morgan fingerprint density at radius 3 is 2.89 bits per heavy atom. The molecule has 2 aromatic rings. The lowest BCUT2D eigenvalue weighted by Gasteiger charge is -1.92. The van der Waals surface area contributed by atoms with Crippen molar-refractivity contribution in [3.05, 3.63) is 45.5 Å². The number of aromatic carboxylic acids is 1. The predicted octanol–water partition coefficient (Wildman–Crippen LogP) is 1.44. The number of furan rings is 1. The van der Waals surface area contributed by atoms with Gasteiger partial charge in [-0.25, -0.2) is 4.79 Å². The van der Waals surface area contributed by atoms with Gasteiger partial charge in [0.05, 0.1) is 17.4 Å². The van der Waals surface area contributed by atoms with E-state index in [2.05, 4.69) is 5.10 Å². The minimum Gasteiger partial charge on any atom is -0.475 e. The zero-order valence-corrected chi connectivity index (χ0v) is 9.36. The van der Waals surface area contributed by atoms with Crippen LogP contribution in [0.5, 0.6) is 0 Å². The van der Waals surface area contributed by atoms with E-state index in [4.69, 9.17) is 9.52 Å². The van der Waals surface area contributed by atoms with E-state index in [1.54, 1.807) is 13.0 Å². The van der Waals surface area contributed by atoms with Crippen LogP contribution in [0.4, 0.5) is 5.82 Å². The van der Waals surface area contributed by atoms with Crippen LogP contribution in [0.2, 0.25) is 0 Å². The third kappa shape index (κ3) is 2.21. The second kappa shape index (κ2) is 4.32. The summed E-state index contributed by atoms with van der Waals surface area (Å²) in [7, 11) is 0. The summed E-state index contributed by atoms with van der Waals surface area (Å²) in [5.41, 5.74) is 0.499. The molecule has 18 heavy (non-hydrogen) atoms. The number of hydrogen-bond donors (Lipinski definition) is 1. The first-order chi connectivity index (χ1) is 8.47. The van der Waals surface area contributed by atoms with Gasteiger partial charge < -0.3 is 19.6 Å². The van der Waals surface area contributed by atoms with Crippen molar-refractivity contribution in [2.45, 2.75) is 13.5 Å². The molecule has 0 aliphatic carbocycles. The topological polar surface area (TPSA) is 111 Å². The van der Waals surface area contributed by atoms with Gasteiger partial charge in [0, 0.05) is 5.56 Å². The van der Waals surface area contributed by atoms with E-state index in [1.165, 1.54) is 16.9 Å². The van der Waals surface area contributed by atoms with Crippen LogP contribution in [-0.4, -0.2) is 25.8 Å². The molecule has 0 atom stereocenters. The van der Waals surface area contributed by atoms with Crippen LogP contribution in [-0.2, 0) is 6.54 Å². The van der Waals surface area contributed by atoms with Crippen molar-refractivity contribution in [1.29, 1.82) is 0 Å². The van der Waals surface area contributed by atoms with Gasteiger partial charge in [0.1, 0.15) is 12.3 Å². The molecule has 0 unspecified atom stereocenters. The molecular formula is C10H9N3O5. The van der Waals surface area contributed by atoms with Gasteiger partial charge in [0.2, 0.25) is 5.76 Å². The lowest BCUT2D eigenvalue weighted by atomic mass is 10.2. The molecule has 2 heterocycles. The summed E-state index contributed by atoms with van der Waals surface area (Å²) >= 11 is 0. The molecule has 0 saturated heterocycles. The summed E-state index contributed by atoms with van der Waals surface area (Å²) in [6.07, 6.45) is 1.43. The van der Waals surface area contributed by atoms with Gasteiger partial charge in [-0.2, -0.15) is 4.68 Å². The maximum absolute atomic E-state index is 10.8. The number of nitrogens with zero attached hydrogens (tertiary/aromatic N) is 3. The molecule has 0 saturated carbocycles. The number of nitro groups is 1. The van der Waals surface area contributed by atoms with E-state index < -0.39 is 10.9 Å². The molecule has 0 spiro atoms. The Morgan fingerprint density at radius 2 is 2.39 bits per heavy atom. The third-order valence-electron chi connectivity index (χ3n) is 2.29. The average molecular weight is 251 g/mol. The third-order valence-corrected chi connectivity index (χ3v) is 2.29. The molecule has 0 radical (unpaired) electrons. The van der Waals surface area contributed by atoms with Crippen LogP contribution in [0, 0.1) is 17.0 Å². The Balaban J connectivity index is 2.20. The van der Waals surface area contributed by atoms with Crippen LogP contribution in [0.1, 0.15) is 21.9 Å². The smallest absolute Gasteiger partial charge is 0.389 e. The van der Waals surface area contributed by atoms with Crippen LogP contribution >= 0.6 is 0 Å². The second-order valence-electron chi connectivity index (χ2n) is 3.66. The van der Waals surface area contributed by atoms with Gasteiger partial charge >= 0.3 is 11.8 Å². The molecule has 0 fully saturated rings. The van der Waals surface area contributed by atoms with Gasteiger partial charge in [-0.05, 0) is 17.9 Å². The largest absolute Gasteiger partial charge is 0.475 e. The fourth-order valence-electron chi connectivity index (χ4n) is 1.53. The number of carboxylic acid groups (broad SMARTS) is 1. The van der Waals surface area contributed by atoms with Crippen LogP contribution < -0.4 is 0 Å². The van der Waals surface area contributed by atoms with E-state index in [1.807, 2.05) is 0 Å². The van der Waals surface area contributed by atoms with E-state index in [9.17, 15) is 14.9 Å². The lowest BCUT2D eigenvalue weighted by molar-refractivity contribution is -0.389. The predicted molar refractivity (Wildman–Crippen MR) is 58.4 cm³/mol. The number of carboxylic acids is 1. The van der Waals surface area contributed by atoms with Gasteiger partial charge in [-0.3, -0.25) is 0 Å². The summed E-state index contributed by atoms with van der Waals surface area (Å²) in [5.74, 6) is -1.17. The Hall–Kier alpha value is -2.64. The molecule has 0 aliphatic rings. The fourth-order valence-corrected chi connectivity index (χ4v) is 1.53. The first kappa shape index (κ1) is 11.8. The quantitative estimate of drug-likeness (QED) is 0.650. The first-order valence-corrected chi connectivity index (χ1v) is 4.98. The Morgan fingerprint density at radius 1 is 1.67 bits per heavy atom. The van der Waals surface area contributed by atoms with E-state index in [0.717, 1.165) is 0 Å². The summed E-state index contributed by atoms with van der Waals surface area (Å²) in [6.45, 7) is 1.75. The molecule has 0 aliphatic heterocycles. The molecule has 0 amide bonds. The molecule has 2 aromatic heterocycles. The van der Waals surface area contributed by atoms with Crippen LogP contribution in [0.15, 0.2) is 22.7 Å². The Labute approximate surface area is 101 Å². The molecule has 8 heteroatoms. The number of hydrogen-bond acceptors (Lipinski definition) is 5. The molecule has 94 valence electrons. The van der Waals surface area contributed by atoms with Crippen molar-refractivity contribution >= 4 is 11.8 Å². The van der Waals surface area contributed by atoms with Gasteiger partial charge in [-0.15, -0.1) is 0 Å². The summed E-state index contributed by atoms with van der Waals surface area (Å²) in [4.78, 5) is 20.6. The molecule has 0 bridgehead atoms. The van der Waals surface area contributed by atoms with Crippen molar-refractivity contribution in [2.24, 2.45) is 0 Å². The highest BCUT2D eigenvalue weighted by atomic mass is 16.6. The maximum atomic E-state index is 10.8. The van der Waals surface area contributed by atoms with E-state index >= 15 is 0 Å². The standard InChI is InChI=1S/C10H9N3O5/c1-6-4-7(18-9(6)10(14)15)5-12-3-2-8(11-12)13(16)17/h2-4H,5H2,1H3,(H,14,15). The highest BCUT2D eigenvalue weighted by molar-refractivity contribution is 5.86. The average Bonchev–Trinajstić information content (AvgIpc) is 2.86. The summed E-state index contributed by atoms with van der Waals surface area (Å²) < 4.78 is 6.43. The van der Waals surface area contributed by atoms with Gasteiger partial charge in [-0.1, -0.05) is 0 Å². The number of aryl methyl sites for hydroxylation is 1. The lowest BCUT2D eigenvalue weighted by Crippen LogP contribution is -2.00. The van der Waals surface area contributed by atoms with Gasteiger partial charge in [0.15, 0.2) is 0 Å². The summed E-state index contributed by atoms with van der Waals surface area (Å²) in [5, 5.41) is 23.0. The van der Waals surface area contributed by atoms with Gasteiger partial charge in [0.25, 0.3) is 0 Å². The van der Waals surface area contributed by atoms with E-state index in [-0.39, 0.29) is 18.1 Å². The Kier molecular flexibility index (Phi) is 2.84. The number of aromatic nitrogens is 2. The van der Waals surface area contributed by atoms with Crippen molar-refractivity contribution in [3.8, 4) is 0 Å². The minimum absolute atomic E-state index is 0.133. The zero-order valence-electron chi connectivity index (χ0n) is 9.36.